The lowest BCUT2D eigenvalue weighted by Gasteiger charge is -2.34. The van der Waals surface area contributed by atoms with Crippen LogP contribution in [-0.2, 0) is 64.1 Å². The van der Waals surface area contributed by atoms with Gasteiger partial charge in [0.15, 0.2) is 0 Å². The van der Waals surface area contributed by atoms with Crippen LogP contribution in [0.25, 0.3) is 0 Å². The van der Waals surface area contributed by atoms with Gasteiger partial charge in [-0.3, -0.25) is 31.7 Å². The zero-order chi connectivity index (χ0) is 40.0. The number of rotatable bonds is 40. The van der Waals surface area contributed by atoms with E-state index < -0.39 is 36.7 Å². The molecule has 0 heterocycles. The second kappa shape index (κ2) is 31.4. The summed E-state index contributed by atoms with van der Waals surface area (Å²) >= 11 is 0. The Morgan fingerprint density at radius 3 is 1.32 bits per heavy atom. The number of phosphoric acid groups is 3. The molecule has 0 aromatic heterocycles. The van der Waals surface area contributed by atoms with Gasteiger partial charge < -0.3 is 38.3 Å². The van der Waals surface area contributed by atoms with Crippen molar-refractivity contribution in [2.24, 2.45) is 0 Å². The van der Waals surface area contributed by atoms with Crippen molar-refractivity contribution in [1.29, 1.82) is 0 Å². The fourth-order valence-electron chi connectivity index (χ4n) is 4.40. The van der Waals surface area contributed by atoms with Crippen molar-refractivity contribution in [1.82, 2.24) is 0 Å². The summed E-state index contributed by atoms with van der Waals surface area (Å²) in [6.07, 6.45) is 8.46. The molecule has 0 saturated carbocycles. The van der Waals surface area contributed by atoms with Gasteiger partial charge in [-0.15, -0.1) is 0 Å². The Kier molecular flexibility index (Phi) is 31.6. The Bertz CT molecular complexity index is 1040. The van der Waals surface area contributed by atoms with Gasteiger partial charge in [0.05, 0.1) is 59.0 Å². The van der Waals surface area contributed by atoms with Gasteiger partial charge in [0, 0.05) is 33.4 Å². The highest BCUT2D eigenvalue weighted by Gasteiger charge is 2.34. The molecule has 53 heavy (non-hydrogen) atoms. The largest absolute Gasteiger partial charge is 0.472 e. The highest BCUT2D eigenvalue weighted by atomic mass is 31.2. The van der Waals surface area contributed by atoms with Crippen molar-refractivity contribution in [2.75, 3.05) is 85.9 Å². The first kappa shape index (κ1) is 53.4. The van der Waals surface area contributed by atoms with Crippen LogP contribution in [0.2, 0.25) is 0 Å². The zero-order valence-corrected chi connectivity index (χ0v) is 35.8. The minimum atomic E-state index is -4.34. The van der Waals surface area contributed by atoms with Crippen LogP contribution in [-0.4, -0.2) is 111 Å². The molecule has 0 aliphatic carbocycles. The van der Waals surface area contributed by atoms with E-state index in [1.54, 1.807) is 0 Å². The molecule has 0 saturated heterocycles. The number of hydrogen-bond donors (Lipinski definition) is 4. The lowest BCUT2D eigenvalue weighted by molar-refractivity contribution is -0.146. The van der Waals surface area contributed by atoms with Gasteiger partial charge in [-0.05, 0) is 44.9 Å². The maximum Gasteiger partial charge on any atom is 0.472 e. The number of phosphoric ester groups is 3. The van der Waals surface area contributed by atoms with Crippen molar-refractivity contribution in [3.05, 3.63) is 0 Å². The highest BCUT2D eigenvalue weighted by Crippen LogP contribution is 2.45. The third-order valence-corrected chi connectivity index (χ3v) is 11.9. The molecule has 0 aromatic carbocycles. The van der Waals surface area contributed by atoms with E-state index in [9.17, 15) is 37.8 Å². The SMILES string of the molecule is CCCCCOP(=O)(O)CCCCOCC(CCOP(=O)(O)OC)(COCCCOP(=O)(O)OCCCCC)OCCCOP(=O)(O)OCCCCC. The van der Waals surface area contributed by atoms with Crippen LogP contribution in [0, 0.1) is 0 Å². The minimum absolute atomic E-state index is 0.0150. The van der Waals surface area contributed by atoms with E-state index in [1.165, 1.54) is 0 Å². The Morgan fingerprint density at radius 2 is 0.849 bits per heavy atom. The van der Waals surface area contributed by atoms with Crippen LogP contribution in [0.15, 0.2) is 0 Å². The lowest BCUT2D eigenvalue weighted by atomic mass is 10.0. The average Bonchev–Trinajstić information content (AvgIpc) is 3.09. The van der Waals surface area contributed by atoms with Crippen LogP contribution in [0.3, 0.4) is 0 Å². The Balaban J connectivity index is 5.40. The second-order valence-electron chi connectivity index (χ2n) is 12.4. The Labute approximate surface area is 316 Å². The van der Waals surface area contributed by atoms with Gasteiger partial charge in [-0.25, -0.2) is 13.7 Å². The molecule has 18 nitrogen and oxygen atoms in total. The first-order valence-corrected chi connectivity index (χ1v) is 24.8. The fraction of sp³-hybridized carbons (Fsp3) is 1.00. The quantitative estimate of drug-likeness (QED) is 0.0344. The minimum Gasteiger partial charge on any atom is -0.378 e. The topological polar surface area (TPSA) is 241 Å². The van der Waals surface area contributed by atoms with Crippen LogP contribution >= 0.6 is 31.1 Å². The lowest BCUT2D eigenvalue weighted by Crippen LogP contribution is -2.44. The molecule has 4 N–H and O–H groups in total. The van der Waals surface area contributed by atoms with Gasteiger partial charge in [0.25, 0.3) is 0 Å². The van der Waals surface area contributed by atoms with Crippen molar-refractivity contribution in [3.63, 3.8) is 0 Å². The molecule has 22 heteroatoms. The van der Waals surface area contributed by atoms with E-state index in [4.69, 9.17) is 41.4 Å². The Hall–Kier alpha value is 0.360. The summed E-state index contributed by atoms with van der Waals surface area (Å²) in [5.74, 6) is 0. The fourth-order valence-corrected chi connectivity index (χ4v) is 7.59. The molecule has 320 valence electrons. The molecule has 0 radical (unpaired) electrons. The molecule has 0 aliphatic heterocycles. The average molecular weight is 853 g/mol. The monoisotopic (exact) mass is 852 g/mol. The third-order valence-electron chi connectivity index (χ3n) is 7.44. The molecule has 0 aromatic rings. The first-order chi connectivity index (χ1) is 25.1. The van der Waals surface area contributed by atoms with Gasteiger partial charge in [0.2, 0.25) is 0 Å². The summed E-state index contributed by atoms with van der Waals surface area (Å²) in [6.45, 7) is 5.80. The predicted octanol–water partition coefficient (Wildman–Crippen LogP) is 7.53. The summed E-state index contributed by atoms with van der Waals surface area (Å²) in [4.78, 5) is 39.7. The van der Waals surface area contributed by atoms with Crippen molar-refractivity contribution in [2.45, 2.75) is 116 Å². The summed E-state index contributed by atoms with van der Waals surface area (Å²) in [5.41, 5.74) is -1.28. The number of hydrogen-bond acceptors (Lipinski definition) is 14. The Morgan fingerprint density at radius 1 is 0.453 bits per heavy atom. The van der Waals surface area contributed by atoms with E-state index in [2.05, 4.69) is 4.52 Å². The number of ether oxygens (including phenoxy) is 3. The van der Waals surface area contributed by atoms with Gasteiger partial charge in [-0.2, -0.15) is 0 Å². The molecule has 5 unspecified atom stereocenters. The summed E-state index contributed by atoms with van der Waals surface area (Å²) < 4.78 is 101. The molecule has 0 aliphatic rings. The van der Waals surface area contributed by atoms with E-state index >= 15 is 0 Å². The standard InChI is InChI=1S/C31H68O18P4/c1-5-8-11-22-44-50(32,33)28-15-14-19-41-29-31(18-27-49-51(34,35)40-4,43-21-17-26-48-53(38,39)46-24-13-10-7-3)30-42-20-16-25-47-52(36,37)45-23-12-9-6-2/h5-30H2,1-4H3,(H,32,33)(H,34,35)(H,36,37)(H,38,39). The molecule has 5 atom stereocenters. The molecule has 0 spiro atoms. The van der Waals surface area contributed by atoms with Crippen LogP contribution in [0.5, 0.6) is 0 Å². The van der Waals surface area contributed by atoms with Crippen molar-refractivity contribution < 1.29 is 83.7 Å². The van der Waals surface area contributed by atoms with Gasteiger partial charge in [-0.1, -0.05) is 59.3 Å². The second-order valence-corrected chi connectivity index (χ2v) is 18.8. The molecule has 0 amide bonds. The van der Waals surface area contributed by atoms with Crippen LogP contribution in [0.4, 0.5) is 0 Å². The smallest absolute Gasteiger partial charge is 0.378 e. The van der Waals surface area contributed by atoms with E-state index in [-0.39, 0.29) is 98.1 Å². The van der Waals surface area contributed by atoms with E-state index in [0.29, 0.717) is 32.1 Å². The molecular weight excluding hydrogens is 784 g/mol. The van der Waals surface area contributed by atoms with Crippen molar-refractivity contribution in [3.8, 4) is 0 Å². The zero-order valence-electron chi connectivity index (χ0n) is 32.2. The highest BCUT2D eigenvalue weighted by molar-refractivity contribution is 7.52. The molecule has 0 rings (SSSR count). The van der Waals surface area contributed by atoms with Crippen LogP contribution in [0.1, 0.15) is 111 Å². The maximum absolute atomic E-state index is 12.3. The third kappa shape index (κ3) is 32.1. The molecular formula is C31H68O18P4. The molecule has 0 bridgehead atoms. The summed E-state index contributed by atoms with van der Waals surface area (Å²) in [5, 5.41) is 0. The van der Waals surface area contributed by atoms with E-state index in [1.807, 2.05) is 20.8 Å². The van der Waals surface area contributed by atoms with Crippen LogP contribution < -0.4 is 0 Å². The maximum atomic E-state index is 12.3. The first-order valence-electron chi connectivity index (χ1n) is 18.6. The van der Waals surface area contributed by atoms with Gasteiger partial charge in [0.1, 0.15) is 5.60 Å². The van der Waals surface area contributed by atoms with Crippen molar-refractivity contribution >= 4 is 31.1 Å². The normalized spacial score (nSPS) is 17.8. The van der Waals surface area contributed by atoms with Gasteiger partial charge >= 0.3 is 31.1 Å². The number of unbranched alkanes of at least 4 members (excludes halogenated alkanes) is 7. The summed E-state index contributed by atoms with van der Waals surface area (Å²) in [7, 11) is -15.5. The molecule has 0 fully saturated rings. The predicted molar refractivity (Wildman–Crippen MR) is 199 cm³/mol. The summed E-state index contributed by atoms with van der Waals surface area (Å²) in [6, 6.07) is 0. The van der Waals surface area contributed by atoms with E-state index in [0.717, 1.165) is 45.6 Å².